The van der Waals surface area contributed by atoms with Gasteiger partial charge in [-0.3, -0.25) is 4.98 Å². The smallest absolute Gasteiger partial charge is 0.0454 e. The molecule has 0 radical (unpaired) electrons. The predicted molar refractivity (Wildman–Crippen MR) is 115 cm³/mol. The monoisotopic (exact) mass is 372 g/mol. The summed E-state index contributed by atoms with van der Waals surface area (Å²) in [7, 11) is 2.22. The molecule has 2 aliphatic heterocycles. The van der Waals surface area contributed by atoms with Crippen molar-refractivity contribution < 1.29 is 0 Å². The molecule has 3 heterocycles. The number of rotatable bonds is 6. The summed E-state index contributed by atoms with van der Waals surface area (Å²) in [6.45, 7) is 8.23. The van der Waals surface area contributed by atoms with E-state index in [0.29, 0.717) is 0 Å². The van der Waals surface area contributed by atoms with Crippen molar-refractivity contribution in [1.82, 2.24) is 19.7 Å². The molecule has 0 N–H and O–H groups in total. The molecule has 1 saturated heterocycles. The van der Waals surface area contributed by atoms with Gasteiger partial charge in [0.25, 0.3) is 0 Å². The largest absolute Gasteiger partial charge is 0.367 e. The summed E-state index contributed by atoms with van der Waals surface area (Å²) in [5, 5.41) is 0. The first-order valence-corrected chi connectivity index (χ1v) is 10.4. The van der Waals surface area contributed by atoms with Crippen molar-refractivity contribution in [2.75, 3.05) is 52.9 Å². The van der Waals surface area contributed by atoms with E-state index in [2.05, 4.69) is 69.2 Å². The molecule has 1 aromatic heterocycles. The van der Waals surface area contributed by atoms with E-state index in [1.807, 2.05) is 12.4 Å². The third-order valence-corrected chi connectivity index (χ3v) is 6.18. The Morgan fingerprint density at radius 1 is 0.893 bits per heavy atom. The van der Waals surface area contributed by atoms with Crippen LogP contribution in [-0.2, 0) is 0 Å². The van der Waals surface area contributed by atoms with Gasteiger partial charge in [-0.15, -0.1) is 0 Å². The van der Waals surface area contributed by atoms with Gasteiger partial charge in [-0.1, -0.05) is 30.3 Å². The number of hydrogen-bond donors (Lipinski definition) is 0. The van der Waals surface area contributed by atoms with Crippen molar-refractivity contribution >= 4 is 5.57 Å². The zero-order chi connectivity index (χ0) is 18.9. The maximum atomic E-state index is 4.53. The van der Waals surface area contributed by atoms with Gasteiger partial charge in [-0.05, 0) is 48.9 Å². The number of benzene rings is 1. The number of piperazine rings is 1. The van der Waals surface area contributed by atoms with Crippen molar-refractivity contribution in [3.63, 3.8) is 0 Å². The molecule has 0 spiro atoms. The number of fused-ring (bicyclic) bond motifs is 1. The van der Waals surface area contributed by atoms with E-state index in [-0.39, 0.29) is 0 Å². The first-order valence-electron chi connectivity index (χ1n) is 10.4. The second kappa shape index (κ2) is 7.53. The maximum Gasteiger partial charge on any atom is 0.0454 e. The number of likely N-dealkylation sites (N-methyl/N-ethyl adjacent to an activating group) is 1. The highest BCUT2D eigenvalue weighted by atomic mass is 15.2. The van der Waals surface area contributed by atoms with Crippen LogP contribution in [0.4, 0.5) is 0 Å². The highest BCUT2D eigenvalue weighted by Gasteiger charge is 2.34. The fourth-order valence-electron chi connectivity index (χ4n) is 4.36. The molecule has 28 heavy (non-hydrogen) atoms. The molecular formula is C24H28N4. The Labute approximate surface area is 167 Å². The number of nitrogens with zero attached hydrogens (tertiary/aromatic N) is 4. The first kappa shape index (κ1) is 17.7. The van der Waals surface area contributed by atoms with Crippen LogP contribution in [0.15, 0.2) is 66.1 Å². The summed E-state index contributed by atoms with van der Waals surface area (Å²) in [6.07, 6.45) is 7.56. The van der Waals surface area contributed by atoms with E-state index in [0.717, 1.165) is 13.1 Å². The van der Waals surface area contributed by atoms with Crippen LogP contribution in [0.3, 0.4) is 0 Å². The van der Waals surface area contributed by atoms with Crippen molar-refractivity contribution in [3.05, 3.63) is 71.7 Å². The molecule has 0 amide bonds. The normalized spacial score (nSPS) is 19.8. The summed E-state index contributed by atoms with van der Waals surface area (Å²) in [4.78, 5) is 12.1. The lowest BCUT2D eigenvalue weighted by Crippen LogP contribution is -2.45. The molecular weight excluding hydrogens is 344 g/mol. The zero-order valence-corrected chi connectivity index (χ0v) is 16.6. The quantitative estimate of drug-likeness (QED) is 0.776. The van der Waals surface area contributed by atoms with Gasteiger partial charge in [-0.25, -0.2) is 0 Å². The number of allylic oxidation sites excluding steroid dienone is 2. The third-order valence-electron chi connectivity index (χ3n) is 6.18. The third kappa shape index (κ3) is 3.62. The predicted octanol–water partition coefficient (Wildman–Crippen LogP) is 3.35. The van der Waals surface area contributed by atoms with E-state index < -0.39 is 0 Å². The average molecular weight is 373 g/mol. The van der Waals surface area contributed by atoms with E-state index in [1.54, 1.807) is 0 Å². The lowest BCUT2D eigenvalue weighted by molar-refractivity contribution is 0.150. The molecule has 4 nitrogen and oxygen atoms in total. The highest BCUT2D eigenvalue weighted by molar-refractivity contribution is 5.87. The van der Waals surface area contributed by atoms with Crippen molar-refractivity contribution in [1.29, 1.82) is 0 Å². The SMILES string of the molecule is CN1CCN(CCCN2CC(c3cncc(-c4ccccc4)c3)=C3C=C32)CC1. The Morgan fingerprint density at radius 2 is 1.68 bits per heavy atom. The van der Waals surface area contributed by atoms with E-state index in [1.165, 1.54) is 72.7 Å². The van der Waals surface area contributed by atoms with Crippen molar-refractivity contribution in [3.8, 4) is 11.1 Å². The maximum absolute atomic E-state index is 4.53. The van der Waals surface area contributed by atoms with Crippen molar-refractivity contribution in [2.24, 2.45) is 0 Å². The summed E-state index contributed by atoms with van der Waals surface area (Å²) in [6, 6.07) is 12.8. The summed E-state index contributed by atoms with van der Waals surface area (Å²) in [5.41, 5.74) is 8.05. The summed E-state index contributed by atoms with van der Waals surface area (Å²) < 4.78 is 0. The molecule has 1 aromatic carbocycles. The molecule has 5 rings (SSSR count). The average Bonchev–Trinajstić information content (AvgIpc) is 3.46. The topological polar surface area (TPSA) is 22.6 Å². The second-order valence-electron chi connectivity index (χ2n) is 8.17. The van der Waals surface area contributed by atoms with Gasteiger partial charge in [0.1, 0.15) is 0 Å². The molecule has 0 bridgehead atoms. The molecule has 1 fully saturated rings. The second-order valence-corrected chi connectivity index (χ2v) is 8.17. The number of aromatic nitrogens is 1. The minimum Gasteiger partial charge on any atom is -0.367 e. The molecule has 4 heteroatoms. The van der Waals surface area contributed by atoms with E-state index in [9.17, 15) is 0 Å². The van der Waals surface area contributed by atoms with Gasteiger partial charge in [0.2, 0.25) is 0 Å². The van der Waals surface area contributed by atoms with Gasteiger partial charge in [-0.2, -0.15) is 0 Å². The Bertz CT molecular complexity index is 907. The molecule has 0 saturated carbocycles. The van der Waals surface area contributed by atoms with Crippen LogP contribution >= 0.6 is 0 Å². The molecule has 0 atom stereocenters. The van der Waals surface area contributed by atoms with E-state index in [4.69, 9.17) is 0 Å². The van der Waals surface area contributed by atoms with Crippen LogP contribution in [0.5, 0.6) is 0 Å². The van der Waals surface area contributed by atoms with Gasteiger partial charge in [0.15, 0.2) is 0 Å². The van der Waals surface area contributed by atoms with E-state index >= 15 is 0 Å². The van der Waals surface area contributed by atoms with Crippen LogP contribution in [0, 0.1) is 0 Å². The Balaban J connectivity index is 1.20. The molecule has 144 valence electrons. The Morgan fingerprint density at radius 3 is 2.50 bits per heavy atom. The number of hydrogen-bond acceptors (Lipinski definition) is 4. The fraction of sp³-hybridized carbons (Fsp3) is 0.375. The van der Waals surface area contributed by atoms with Gasteiger partial charge in [0.05, 0.1) is 0 Å². The van der Waals surface area contributed by atoms with Crippen LogP contribution < -0.4 is 0 Å². The first-order chi connectivity index (χ1) is 13.8. The fourth-order valence-corrected chi connectivity index (χ4v) is 4.36. The number of pyridine rings is 1. The molecule has 0 unspecified atom stereocenters. The van der Waals surface area contributed by atoms with Gasteiger partial charge in [0, 0.05) is 68.5 Å². The standard InChI is InChI=1S/C24H28N4/c1-26-10-12-27(13-11-26)8-5-9-28-18-23(22-15-24(22)28)21-14-20(16-25-17-21)19-6-3-2-4-7-19/h2-4,6-7,14-17H,5,8-13,18H2,1H3. The Kier molecular flexibility index (Phi) is 4.75. The minimum absolute atomic E-state index is 1.03. The molecule has 1 aliphatic carbocycles. The summed E-state index contributed by atoms with van der Waals surface area (Å²) >= 11 is 0. The highest BCUT2D eigenvalue weighted by Crippen LogP contribution is 2.45. The lowest BCUT2D eigenvalue weighted by Gasteiger charge is -2.32. The molecule has 2 aromatic rings. The van der Waals surface area contributed by atoms with Gasteiger partial charge >= 0.3 is 0 Å². The lowest BCUT2D eigenvalue weighted by atomic mass is 10.0. The summed E-state index contributed by atoms with van der Waals surface area (Å²) in [5.74, 6) is 0. The Hall–Kier alpha value is -2.43. The van der Waals surface area contributed by atoms with Crippen LogP contribution in [0.25, 0.3) is 16.7 Å². The zero-order valence-electron chi connectivity index (χ0n) is 16.6. The van der Waals surface area contributed by atoms with Crippen LogP contribution in [-0.4, -0.2) is 72.5 Å². The van der Waals surface area contributed by atoms with Gasteiger partial charge < -0.3 is 14.7 Å². The minimum atomic E-state index is 1.03. The van der Waals surface area contributed by atoms with Crippen molar-refractivity contribution in [2.45, 2.75) is 6.42 Å². The van der Waals surface area contributed by atoms with Crippen LogP contribution in [0.1, 0.15) is 12.0 Å². The molecule has 3 aliphatic rings. The van der Waals surface area contributed by atoms with Crippen LogP contribution in [0.2, 0.25) is 0 Å².